The lowest BCUT2D eigenvalue weighted by Gasteiger charge is -2.09. The predicted molar refractivity (Wildman–Crippen MR) is 89.3 cm³/mol. The van der Waals surface area contributed by atoms with Crippen molar-refractivity contribution in [2.24, 2.45) is 0 Å². The van der Waals surface area contributed by atoms with Gasteiger partial charge in [0.1, 0.15) is 5.82 Å². The average molecular weight is 278 g/mol. The number of unbranched alkanes of at least 4 members (excludes halogenated alkanes) is 3. The van der Waals surface area contributed by atoms with Gasteiger partial charge < -0.3 is 4.57 Å². The van der Waals surface area contributed by atoms with Gasteiger partial charge in [0.25, 0.3) is 0 Å². The van der Waals surface area contributed by atoms with Crippen molar-refractivity contribution in [2.45, 2.75) is 39.2 Å². The molecule has 2 aromatic carbocycles. The van der Waals surface area contributed by atoms with E-state index in [-0.39, 0.29) is 0 Å². The zero-order chi connectivity index (χ0) is 14.5. The highest BCUT2D eigenvalue weighted by Gasteiger charge is 2.11. The first-order chi connectivity index (χ1) is 10.4. The predicted octanol–water partition coefficient (Wildman–Crippen LogP) is 5.28. The van der Waals surface area contributed by atoms with Crippen molar-refractivity contribution in [2.75, 3.05) is 0 Å². The van der Waals surface area contributed by atoms with Crippen LogP contribution in [-0.4, -0.2) is 9.55 Å². The Bertz CT molecular complexity index is 698. The summed E-state index contributed by atoms with van der Waals surface area (Å²) in [5.41, 5.74) is 3.53. The van der Waals surface area contributed by atoms with E-state index in [4.69, 9.17) is 4.98 Å². The van der Waals surface area contributed by atoms with Gasteiger partial charge >= 0.3 is 0 Å². The zero-order valence-corrected chi connectivity index (χ0v) is 12.6. The summed E-state index contributed by atoms with van der Waals surface area (Å²) in [5.74, 6) is 1.09. The van der Waals surface area contributed by atoms with Crippen LogP contribution in [0.1, 0.15) is 32.6 Å². The van der Waals surface area contributed by atoms with Gasteiger partial charge in [-0.1, -0.05) is 68.7 Å². The standard InChI is InChI=1S/C19H22N2/c1-2-3-4-10-15-21-18-14-9-8-13-17(18)20-19(21)16-11-6-5-7-12-16/h5-9,11-14H,2-4,10,15H2,1H3. The number of nitrogens with zero attached hydrogens (tertiary/aromatic N) is 2. The molecule has 0 unspecified atom stereocenters. The van der Waals surface area contributed by atoms with Crippen molar-refractivity contribution in [1.82, 2.24) is 9.55 Å². The smallest absolute Gasteiger partial charge is 0.141 e. The fraction of sp³-hybridized carbons (Fsp3) is 0.316. The number of benzene rings is 2. The van der Waals surface area contributed by atoms with Crippen LogP contribution in [0.5, 0.6) is 0 Å². The maximum Gasteiger partial charge on any atom is 0.141 e. The summed E-state index contributed by atoms with van der Waals surface area (Å²) in [5, 5.41) is 0. The lowest BCUT2D eigenvalue weighted by atomic mass is 10.2. The topological polar surface area (TPSA) is 17.8 Å². The molecular formula is C19H22N2. The van der Waals surface area contributed by atoms with E-state index in [9.17, 15) is 0 Å². The van der Waals surface area contributed by atoms with Crippen molar-refractivity contribution < 1.29 is 0 Å². The van der Waals surface area contributed by atoms with E-state index in [1.54, 1.807) is 0 Å². The monoisotopic (exact) mass is 278 g/mol. The Morgan fingerprint density at radius 2 is 1.62 bits per heavy atom. The lowest BCUT2D eigenvalue weighted by molar-refractivity contribution is 0.594. The van der Waals surface area contributed by atoms with Gasteiger partial charge in [0.2, 0.25) is 0 Å². The first kappa shape index (κ1) is 13.9. The number of fused-ring (bicyclic) bond motifs is 1. The van der Waals surface area contributed by atoms with Crippen LogP contribution in [0.25, 0.3) is 22.4 Å². The molecule has 2 heteroatoms. The molecule has 0 spiro atoms. The molecule has 2 nitrogen and oxygen atoms in total. The Balaban J connectivity index is 1.98. The molecule has 1 aromatic heterocycles. The van der Waals surface area contributed by atoms with E-state index in [1.807, 2.05) is 0 Å². The third-order valence-corrected chi connectivity index (χ3v) is 3.92. The van der Waals surface area contributed by atoms with Gasteiger partial charge in [0, 0.05) is 12.1 Å². The summed E-state index contributed by atoms with van der Waals surface area (Å²) >= 11 is 0. The Labute approximate surface area is 126 Å². The van der Waals surface area contributed by atoms with Crippen LogP contribution in [0.2, 0.25) is 0 Å². The Kier molecular flexibility index (Phi) is 4.34. The largest absolute Gasteiger partial charge is 0.324 e. The van der Waals surface area contributed by atoms with Crippen LogP contribution in [0.15, 0.2) is 54.6 Å². The molecule has 0 fully saturated rings. The summed E-state index contributed by atoms with van der Waals surface area (Å²) in [6, 6.07) is 18.9. The molecule has 0 amide bonds. The molecule has 0 atom stereocenters. The number of hydrogen-bond acceptors (Lipinski definition) is 1. The molecule has 0 aliphatic carbocycles. The summed E-state index contributed by atoms with van der Waals surface area (Å²) < 4.78 is 2.38. The Morgan fingerprint density at radius 3 is 2.43 bits per heavy atom. The minimum atomic E-state index is 1.05. The molecule has 0 radical (unpaired) electrons. The molecule has 0 N–H and O–H groups in total. The molecule has 3 aromatic rings. The zero-order valence-electron chi connectivity index (χ0n) is 12.6. The molecule has 3 rings (SSSR count). The van der Waals surface area contributed by atoms with Crippen LogP contribution in [-0.2, 0) is 6.54 Å². The van der Waals surface area contributed by atoms with Crippen molar-refractivity contribution >= 4 is 11.0 Å². The van der Waals surface area contributed by atoms with Crippen molar-refractivity contribution in [3.8, 4) is 11.4 Å². The molecule has 0 saturated carbocycles. The van der Waals surface area contributed by atoms with Crippen LogP contribution in [0.4, 0.5) is 0 Å². The third kappa shape index (κ3) is 2.99. The second-order valence-corrected chi connectivity index (χ2v) is 5.50. The van der Waals surface area contributed by atoms with Crippen molar-refractivity contribution in [3.63, 3.8) is 0 Å². The molecule has 0 aliphatic rings. The van der Waals surface area contributed by atoms with E-state index in [0.717, 1.165) is 17.9 Å². The highest BCUT2D eigenvalue weighted by Crippen LogP contribution is 2.25. The molecule has 108 valence electrons. The summed E-state index contributed by atoms with van der Waals surface area (Å²) in [6.07, 6.45) is 5.09. The quantitative estimate of drug-likeness (QED) is 0.561. The van der Waals surface area contributed by atoms with Gasteiger partial charge in [-0.3, -0.25) is 0 Å². The van der Waals surface area contributed by atoms with Crippen LogP contribution < -0.4 is 0 Å². The van der Waals surface area contributed by atoms with Gasteiger partial charge in [0.05, 0.1) is 11.0 Å². The molecule has 0 bridgehead atoms. The summed E-state index contributed by atoms with van der Waals surface area (Å²) in [7, 11) is 0. The SMILES string of the molecule is CCCCCCn1c(-c2ccccc2)nc2ccccc21. The van der Waals surface area contributed by atoms with E-state index >= 15 is 0 Å². The minimum Gasteiger partial charge on any atom is -0.324 e. The highest BCUT2D eigenvalue weighted by atomic mass is 15.1. The van der Waals surface area contributed by atoms with Crippen molar-refractivity contribution in [1.29, 1.82) is 0 Å². The van der Waals surface area contributed by atoms with Crippen LogP contribution >= 0.6 is 0 Å². The van der Waals surface area contributed by atoms with E-state index in [1.165, 1.54) is 36.8 Å². The number of para-hydroxylation sites is 2. The van der Waals surface area contributed by atoms with E-state index in [0.29, 0.717) is 0 Å². The third-order valence-electron chi connectivity index (χ3n) is 3.92. The number of hydrogen-bond donors (Lipinski definition) is 0. The Hall–Kier alpha value is -2.09. The molecule has 0 aliphatic heterocycles. The summed E-state index contributed by atoms with van der Waals surface area (Å²) in [4.78, 5) is 4.84. The van der Waals surface area contributed by atoms with Crippen LogP contribution in [0.3, 0.4) is 0 Å². The molecule has 21 heavy (non-hydrogen) atoms. The maximum atomic E-state index is 4.84. The number of aryl methyl sites for hydroxylation is 1. The van der Waals surface area contributed by atoms with Gasteiger partial charge in [-0.25, -0.2) is 4.98 Å². The lowest BCUT2D eigenvalue weighted by Crippen LogP contribution is -2.00. The minimum absolute atomic E-state index is 1.05. The molecule has 1 heterocycles. The normalized spacial score (nSPS) is 11.1. The van der Waals surface area contributed by atoms with Gasteiger partial charge in [-0.15, -0.1) is 0 Å². The highest BCUT2D eigenvalue weighted by molar-refractivity contribution is 5.80. The average Bonchev–Trinajstić information content (AvgIpc) is 2.91. The number of rotatable bonds is 6. The van der Waals surface area contributed by atoms with Gasteiger partial charge in [-0.05, 0) is 18.6 Å². The molecular weight excluding hydrogens is 256 g/mol. The van der Waals surface area contributed by atoms with E-state index < -0.39 is 0 Å². The number of imidazole rings is 1. The van der Waals surface area contributed by atoms with Crippen molar-refractivity contribution in [3.05, 3.63) is 54.6 Å². The fourth-order valence-electron chi connectivity index (χ4n) is 2.81. The van der Waals surface area contributed by atoms with Gasteiger partial charge in [-0.2, -0.15) is 0 Å². The maximum absolute atomic E-state index is 4.84. The Morgan fingerprint density at radius 1 is 0.857 bits per heavy atom. The van der Waals surface area contributed by atoms with E-state index in [2.05, 4.69) is 66.1 Å². The van der Waals surface area contributed by atoms with Gasteiger partial charge in [0.15, 0.2) is 0 Å². The first-order valence-corrected chi connectivity index (χ1v) is 7.91. The number of aromatic nitrogens is 2. The summed E-state index contributed by atoms with van der Waals surface area (Å²) in [6.45, 7) is 3.30. The second kappa shape index (κ2) is 6.57. The fourth-order valence-corrected chi connectivity index (χ4v) is 2.81. The first-order valence-electron chi connectivity index (χ1n) is 7.91. The van der Waals surface area contributed by atoms with Crippen LogP contribution in [0, 0.1) is 0 Å². The molecule has 0 saturated heterocycles. The second-order valence-electron chi connectivity index (χ2n) is 5.50.